The Morgan fingerprint density at radius 1 is 1.32 bits per heavy atom. The average Bonchev–Trinajstić information content (AvgIpc) is 3.11. The smallest absolute Gasteiger partial charge is 0.191 e. The van der Waals surface area contributed by atoms with E-state index in [0.717, 1.165) is 49.8 Å². The summed E-state index contributed by atoms with van der Waals surface area (Å²) in [5.41, 5.74) is 1.11. The Morgan fingerprint density at radius 3 is 2.92 bits per heavy atom. The van der Waals surface area contributed by atoms with Crippen molar-refractivity contribution in [2.75, 3.05) is 40.0 Å². The molecule has 1 atom stereocenters. The van der Waals surface area contributed by atoms with E-state index in [1.165, 1.54) is 0 Å². The summed E-state index contributed by atoms with van der Waals surface area (Å²) in [4.78, 5) is 4.64. The second kappa shape index (κ2) is 13.2. The van der Waals surface area contributed by atoms with Gasteiger partial charge in [0.15, 0.2) is 5.96 Å². The van der Waals surface area contributed by atoms with Crippen LogP contribution in [0.1, 0.15) is 25.3 Å². The molecule has 1 unspecified atom stereocenters. The Labute approximate surface area is 167 Å². The second-order valence-corrected chi connectivity index (χ2v) is 5.70. The number of rotatable bonds is 9. The summed E-state index contributed by atoms with van der Waals surface area (Å²) in [6.07, 6.45) is 2.56. The lowest BCUT2D eigenvalue weighted by molar-refractivity contribution is 0.114. The number of benzene rings is 1. The van der Waals surface area contributed by atoms with E-state index in [1.807, 2.05) is 18.2 Å². The van der Waals surface area contributed by atoms with E-state index in [4.69, 9.17) is 14.2 Å². The van der Waals surface area contributed by atoms with Crippen molar-refractivity contribution in [2.45, 2.75) is 32.4 Å². The van der Waals surface area contributed by atoms with Crippen molar-refractivity contribution in [3.05, 3.63) is 29.8 Å². The molecule has 1 fully saturated rings. The highest BCUT2D eigenvalue weighted by molar-refractivity contribution is 14.0. The summed E-state index contributed by atoms with van der Waals surface area (Å²) in [6, 6.07) is 8.00. The first-order valence-electron chi connectivity index (χ1n) is 8.66. The van der Waals surface area contributed by atoms with Gasteiger partial charge in [0.1, 0.15) is 12.4 Å². The summed E-state index contributed by atoms with van der Waals surface area (Å²) >= 11 is 0. The molecule has 0 amide bonds. The minimum atomic E-state index is 0. The molecule has 1 saturated heterocycles. The van der Waals surface area contributed by atoms with E-state index in [1.54, 1.807) is 7.11 Å². The molecular formula is C18H30IN3O3. The molecule has 0 bridgehead atoms. The summed E-state index contributed by atoms with van der Waals surface area (Å²) in [5.74, 6) is 1.66. The van der Waals surface area contributed by atoms with E-state index in [-0.39, 0.29) is 24.0 Å². The zero-order valence-corrected chi connectivity index (χ0v) is 17.5. The fourth-order valence-corrected chi connectivity index (χ4v) is 2.50. The minimum absolute atomic E-state index is 0. The van der Waals surface area contributed by atoms with Crippen molar-refractivity contribution >= 4 is 29.9 Å². The molecule has 2 N–H and O–H groups in total. The number of hydrogen-bond acceptors (Lipinski definition) is 4. The number of hydrogen-bond donors (Lipinski definition) is 2. The topological polar surface area (TPSA) is 64.1 Å². The third-order valence-electron chi connectivity index (χ3n) is 3.74. The first kappa shape index (κ1) is 22.0. The van der Waals surface area contributed by atoms with E-state index in [2.05, 4.69) is 28.6 Å². The van der Waals surface area contributed by atoms with Gasteiger partial charge in [0.25, 0.3) is 0 Å². The molecule has 1 aliphatic heterocycles. The third kappa shape index (κ3) is 8.73. The van der Waals surface area contributed by atoms with Gasteiger partial charge < -0.3 is 24.8 Å². The van der Waals surface area contributed by atoms with Crippen LogP contribution in [0.5, 0.6) is 5.75 Å². The van der Waals surface area contributed by atoms with Crippen LogP contribution in [0, 0.1) is 0 Å². The zero-order chi connectivity index (χ0) is 17.0. The minimum Gasteiger partial charge on any atom is -0.491 e. The fraction of sp³-hybridized carbons (Fsp3) is 0.611. The van der Waals surface area contributed by atoms with Gasteiger partial charge in [0.2, 0.25) is 0 Å². The summed E-state index contributed by atoms with van der Waals surface area (Å²) in [5, 5.41) is 6.62. The van der Waals surface area contributed by atoms with Gasteiger partial charge in [0, 0.05) is 26.8 Å². The highest BCUT2D eigenvalue weighted by Crippen LogP contribution is 2.14. The standard InChI is InChI=1S/C18H29N3O3.HI/c1-3-19-18(21-14-17-8-5-9-23-17)20-13-15-6-4-7-16(12-15)24-11-10-22-2;/h4,6-7,12,17H,3,5,8-11,13-14H2,1-2H3,(H2,19,20,21);1H. The Balaban J connectivity index is 0.00000312. The first-order valence-corrected chi connectivity index (χ1v) is 8.66. The lowest BCUT2D eigenvalue weighted by atomic mass is 10.2. The highest BCUT2D eigenvalue weighted by Gasteiger charge is 2.15. The van der Waals surface area contributed by atoms with Crippen molar-refractivity contribution in [3.63, 3.8) is 0 Å². The maximum atomic E-state index is 5.64. The molecule has 0 spiro atoms. The molecular weight excluding hydrogens is 433 g/mol. The lowest BCUT2D eigenvalue weighted by Crippen LogP contribution is -2.41. The second-order valence-electron chi connectivity index (χ2n) is 5.70. The summed E-state index contributed by atoms with van der Waals surface area (Å²) in [7, 11) is 1.67. The number of methoxy groups -OCH3 is 1. The number of nitrogens with zero attached hydrogens (tertiary/aromatic N) is 1. The molecule has 2 rings (SSSR count). The Morgan fingerprint density at radius 2 is 2.20 bits per heavy atom. The molecule has 142 valence electrons. The quantitative estimate of drug-likeness (QED) is 0.255. The van der Waals surface area contributed by atoms with Crippen molar-refractivity contribution in [1.82, 2.24) is 10.6 Å². The fourth-order valence-electron chi connectivity index (χ4n) is 2.50. The molecule has 0 aliphatic carbocycles. The van der Waals surface area contributed by atoms with E-state index >= 15 is 0 Å². The van der Waals surface area contributed by atoms with E-state index in [9.17, 15) is 0 Å². The van der Waals surface area contributed by atoms with Crippen LogP contribution in [-0.2, 0) is 16.0 Å². The Hall–Kier alpha value is -1.06. The van der Waals surface area contributed by atoms with Crippen LogP contribution in [0.25, 0.3) is 0 Å². The maximum Gasteiger partial charge on any atom is 0.191 e. The molecule has 1 aromatic carbocycles. The van der Waals surface area contributed by atoms with Crippen LogP contribution in [0.3, 0.4) is 0 Å². The van der Waals surface area contributed by atoms with Crippen LogP contribution in [0.2, 0.25) is 0 Å². The van der Waals surface area contributed by atoms with E-state index < -0.39 is 0 Å². The van der Waals surface area contributed by atoms with Gasteiger partial charge in [-0.3, -0.25) is 0 Å². The predicted molar refractivity (Wildman–Crippen MR) is 111 cm³/mol. The van der Waals surface area contributed by atoms with E-state index in [0.29, 0.717) is 25.9 Å². The van der Waals surface area contributed by atoms with Gasteiger partial charge in [-0.25, -0.2) is 4.99 Å². The Bertz CT molecular complexity index is 508. The molecule has 0 aromatic heterocycles. The zero-order valence-electron chi connectivity index (χ0n) is 15.1. The van der Waals surface area contributed by atoms with Crippen LogP contribution >= 0.6 is 24.0 Å². The van der Waals surface area contributed by atoms with Crippen molar-refractivity contribution in [1.29, 1.82) is 0 Å². The Kier molecular flexibility index (Phi) is 11.6. The van der Waals surface area contributed by atoms with Gasteiger partial charge in [0.05, 0.1) is 19.3 Å². The van der Waals surface area contributed by atoms with Crippen molar-refractivity contribution in [3.8, 4) is 5.75 Å². The lowest BCUT2D eigenvalue weighted by Gasteiger charge is -2.15. The molecule has 7 heteroatoms. The monoisotopic (exact) mass is 463 g/mol. The van der Waals surface area contributed by atoms with Gasteiger partial charge in [-0.2, -0.15) is 0 Å². The van der Waals surface area contributed by atoms with Crippen LogP contribution in [0.15, 0.2) is 29.3 Å². The van der Waals surface area contributed by atoms with Crippen LogP contribution in [-0.4, -0.2) is 52.1 Å². The van der Waals surface area contributed by atoms with Gasteiger partial charge in [-0.05, 0) is 37.5 Å². The maximum absolute atomic E-state index is 5.64. The average molecular weight is 463 g/mol. The SMILES string of the molecule is CCNC(=NCc1cccc(OCCOC)c1)NCC1CCCO1.I. The molecule has 1 aliphatic rings. The normalized spacial score (nSPS) is 17.0. The molecule has 1 aromatic rings. The largest absolute Gasteiger partial charge is 0.491 e. The molecule has 0 saturated carbocycles. The molecule has 0 radical (unpaired) electrons. The summed E-state index contributed by atoms with van der Waals surface area (Å²) < 4.78 is 16.3. The number of nitrogens with one attached hydrogen (secondary N) is 2. The van der Waals surface area contributed by atoms with Crippen LogP contribution in [0.4, 0.5) is 0 Å². The number of aliphatic imine (C=N–C) groups is 1. The van der Waals surface area contributed by atoms with Gasteiger partial charge in [-0.15, -0.1) is 24.0 Å². The first-order chi connectivity index (χ1) is 11.8. The summed E-state index contributed by atoms with van der Waals surface area (Å²) in [6.45, 7) is 6.30. The number of ether oxygens (including phenoxy) is 3. The number of guanidine groups is 1. The van der Waals surface area contributed by atoms with Crippen molar-refractivity contribution in [2.24, 2.45) is 4.99 Å². The molecule has 1 heterocycles. The number of halogens is 1. The molecule has 25 heavy (non-hydrogen) atoms. The van der Waals surface area contributed by atoms with Gasteiger partial charge >= 0.3 is 0 Å². The third-order valence-corrected chi connectivity index (χ3v) is 3.74. The van der Waals surface area contributed by atoms with Crippen molar-refractivity contribution < 1.29 is 14.2 Å². The van der Waals surface area contributed by atoms with Gasteiger partial charge in [-0.1, -0.05) is 12.1 Å². The predicted octanol–water partition coefficient (Wildman–Crippen LogP) is 2.56. The highest BCUT2D eigenvalue weighted by atomic mass is 127. The molecule has 6 nitrogen and oxygen atoms in total. The van der Waals surface area contributed by atoms with Crippen LogP contribution < -0.4 is 15.4 Å².